The van der Waals surface area contributed by atoms with Crippen LogP contribution in [0.25, 0.3) is 0 Å². The highest BCUT2D eigenvalue weighted by Gasteiger charge is 2.28. The molecule has 4 rings (SSSR count). The predicted octanol–water partition coefficient (Wildman–Crippen LogP) is 7.24. The summed E-state index contributed by atoms with van der Waals surface area (Å²) in [5.41, 5.74) is 1.37. The van der Waals surface area contributed by atoms with Gasteiger partial charge in [-0.3, -0.25) is 13.8 Å². The van der Waals surface area contributed by atoms with Crippen molar-refractivity contribution >= 4 is 89.4 Å². The van der Waals surface area contributed by atoms with Gasteiger partial charge in [0, 0.05) is 10.7 Å². The van der Waals surface area contributed by atoms with Gasteiger partial charge in [-0.2, -0.15) is 0 Å². The van der Waals surface area contributed by atoms with E-state index in [0.29, 0.717) is 5.02 Å². The Bertz CT molecular complexity index is 1820. The summed E-state index contributed by atoms with van der Waals surface area (Å²) in [5, 5.41) is 3.39. The van der Waals surface area contributed by atoms with E-state index in [-0.39, 0.29) is 41.9 Å². The van der Waals surface area contributed by atoms with E-state index in [1.54, 1.807) is 12.1 Å². The van der Waals surface area contributed by atoms with Gasteiger partial charge in [0.1, 0.15) is 6.54 Å². The first-order chi connectivity index (χ1) is 19.3. The summed E-state index contributed by atoms with van der Waals surface area (Å²) in [6.07, 6.45) is 0. The lowest BCUT2D eigenvalue weighted by Gasteiger charge is -2.24. The molecular formula is C27H21Cl4N3O5S2. The fraction of sp³-hybridized carbons (Fsp3) is 0.0741. The highest BCUT2D eigenvalue weighted by Crippen LogP contribution is 2.31. The predicted molar refractivity (Wildman–Crippen MR) is 165 cm³/mol. The summed E-state index contributed by atoms with van der Waals surface area (Å²) < 4.78 is 56.0. The van der Waals surface area contributed by atoms with Gasteiger partial charge in [-0.15, -0.1) is 0 Å². The van der Waals surface area contributed by atoms with Crippen molar-refractivity contribution in [2.45, 2.75) is 16.7 Å². The molecule has 214 valence electrons. The van der Waals surface area contributed by atoms with E-state index in [2.05, 4.69) is 10.0 Å². The normalized spacial score (nSPS) is 11.6. The topological polar surface area (TPSA) is 113 Å². The zero-order valence-electron chi connectivity index (χ0n) is 21.1. The number of hydrogen-bond acceptors (Lipinski definition) is 5. The van der Waals surface area contributed by atoms with E-state index in [9.17, 15) is 21.6 Å². The standard InChI is InChI=1S/C27H21Cl4N3O5S2/c1-17-2-8-22(9-3-17)41(38,39)34(20-7-12-23(29)24(30)15-20)16-27(35)32-19-5-10-21(11-6-19)40(36,37)33-26-13-4-18(28)14-25(26)31/h2-15,33H,16H2,1H3,(H,32,35). The third-order valence-electron chi connectivity index (χ3n) is 5.71. The SMILES string of the molecule is Cc1ccc(S(=O)(=O)N(CC(=O)Nc2ccc(S(=O)(=O)Nc3ccc(Cl)cc3Cl)cc2)c2ccc(Cl)c(Cl)c2)cc1. The molecule has 0 aliphatic carbocycles. The lowest BCUT2D eigenvalue weighted by molar-refractivity contribution is -0.114. The number of carbonyl (C=O) groups excluding carboxylic acids is 1. The van der Waals surface area contributed by atoms with Gasteiger partial charge >= 0.3 is 0 Å². The Balaban J connectivity index is 1.55. The van der Waals surface area contributed by atoms with Crippen molar-refractivity contribution in [2.24, 2.45) is 0 Å². The molecule has 41 heavy (non-hydrogen) atoms. The van der Waals surface area contributed by atoms with Crippen molar-refractivity contribution in [2.75, 3.05) is 20.9 Å². The van der Waals surface area contributed by atoms with E-state index in [0.717, 1.165) is 9.87 Å². The fourth-order valence-electron chi connectivity index (χ4n) is 3.62. The molecule has 1 amide bonds. The van der Waals surface area contributed by atoms with Crippen LogP contribution in [0, 0.1) is 6.92 Å². The summed E-state index contributed by atoms with van der Waals surface area (Å²) >= 11 is 24.1. The second-order valence-electron chi connectivity index (χ2n) is 8.73. The lowest BCUT2D eigenvalue weighted by atomic mass is 10.2. The minimum atomic E-state index is -4.19. The number of carbonyl (C=O) groups is 1. The Labute approximate surface area is 257 Å². The van der Waals surface area contributed by atoms with Crippen molar-refractivity contribution < 1.29 is 21.6 Å². The molecule has 0 unspecified atom stereocenters. The van der Waals surface area contributed by atoms with Crippen LogP contribution in [-0.4, -0.2) is 29.3 Å². The van der Waals surface area contributed by atoms with Crippen LogP contribution in [-0.2, 0) is 24.8 Å². The minimum Gasteiger partial charge on any atom is -0.325 e. The highest BCUT2D eigenvalue weighted by atomic mass is 35.5. The summed E-state index contributed by atoms with van der Waals surface area (Å²) in [6, 6.07) is 20.0. The van der Waals surface area contributed by atoms with Crippen LogP contribution in [0.1, 0.15) is 5.56 Å². The van der Waals surface area contributed by atoms with Crippen molar-refractivity contribution in [3.05, 3.63) is 111 Å². The molecule has 0 radical (unpaired) electrons. The van der Waals surface area contributed by atoms with E-state index >= 15 is 0 Å². The summed E-state index contributed by atoms with van der Waals surface area (Å²) in [5.74, 6) is -0.687. The summed E-state index contributed by atoms with van der Waals surface area (Å²) in [7, 11) is -8.20. The molecule has 0 bridgehead atoms. The Morgan fingerprint density at radius 2 is 1.37 bits per heavy atom. The van der Waals surface area contributed by atoms with Crippen LogP contribution in [0.15, 0.2) is 94.7 Å². The molecule has 4 aromatic rings. The molecule has 0 fully saturated rings. The number of sulfonamides is 2. The molecule has 0 aromatic heterocycles. The van der Waals surface area contributed by atoms with Crippen molar-refractivity contribution in [1.29, 1.82) is 0 Å². The van der Waals surface area contributed by atoms with Gasteiger partial charge in [-0.05, 0) is 79.7 Å². The maximum absolute atomic E-state index is 13.6. The number of hydrogen-bond donors (Lipinski definition) is 2. The number of rotatable bonds is 9. The number of nitrogens with zero attached hydrogens (tertiary/aromatic N) is 1. The average molecular weight is 673 g/mol. The van der Waals surface area contributed by atoms with Gasteiger partial charge in [0.05, 0.1) is 36.2 Å². The second-order valence-corrected chi connectivity index (χ2v) is 13.9. The van der Waals surface area contributed by atoms with Crippen LogP contribution in [0.5, 0.6) is 0 Å². The molecule has 4 aromatic carbocycles. The first kappa shape index (κ1) is 31.0. The smallest absolute Gasteiger partial charge is 0.264 e. The van der Waals surface area contributed by atoms with E-state index < -0.39 is 32.5 Å². The molecule has 14 heteroatoms. The van der Waals surface area contributed by atoms with Crippen LogP contribution >= 0.6 is 46.4 Å². The van der Waals surface area contributed by atoms with Crippen LogP contribution < -0.4 is 14.3 Å². The van der Waals surface area contributed by atoms with Crippen LogP contribution in [0.4, 0.5) is 17.1 Å². The molecule has 0 aliphatic heterocycles. The fourth-order valence-corrected chi connectivity index (χ4v) is 6.91. The average Bonchev–Trinajstić information content (AvgIpc) is 2.91. The number of nitrogens with one attached hydrogen (secondary N) is 2. The van der Waals surface area contributed by atoms with Gasteiger partial charge in [0.2, 0.25) is 5.91 Å². The molecule has 0 saturated carbocycles. The quantitative estimate of drug-likeness (QED) is 0.195. The molecule has 2 N–H and O–H groups in total. The zero-order chi connectivity index (χ0) is 29.9. The maximum atomic E-state index is 13.6. The van der Waals surface area contributed by atoms with E-state index in [1.807, 2.05) is 6.92 Å². The third kappa shape index (κ3) is 7.45. The Morgan fingerprint density at radius 3 is 1.98 bits per heavy atom. The van der Waals surface area contributed by atoms with E-state index in [4.69, 9.17) is 46.4 Å². The second kappa shape index (κ2) is 12.5. The molecular weight excluding hydrogens is 652 g/mol. The van der Waals surface area contributed by atoms with Gasteiger partial charge in [-0.1, -0.05) is 64.1 Å². The van der Waals surface area contributed by atoms with Crippen molar-refractivity contribution in [3.8, 4) is 0 Å². The zero-order valence-corrected chi connectivity index (χ0v) is 25.8. The largest absolute Gasteiger partial charge is 0.325 e. The number of aryl methyl sites for hydroxylation is 1. The maximum Gasteiger partial charge on any atom is 0.264 e. The molecule has 0 saturated heterocycles. The van der Waals surface area contributed by atoms with Gasteiger partial charge in [0.15, 0.2) is 0 Å². The molecule has 0 spiro atoms. The van der Waals surface area contributed by atoms with Crippen LogP contribution in [0.2, 0.25) is 20.1 Å². The summed E-state index contributed by atoms with van der Waals surface area (Å²) in [4.78, 5) is 12.9. The first-order valence-electron chi connectivity index (χ1n) is 11.7. The number of halogens is 4. The Hall–Kier alpha value is -2.99. The van der Waals surface area contributed by atoms with E-state index in [1.165, 1.54) is 72.8 Å². The molecule has 0 heterocycles. The van der Waals surface area contributed by atoms with Gasteiger partial charge in [0.25, 0.3) is 20.0 Å². The van der Waals surface area contributed by atoms with Crippen molar-refractivity contribution in [3.63, 3.8) is 0 Å². The molecule has 0 atom stereocenters. The first-order valence-corrected chi connectivity index (χ1v) is 16.1. The van der Waals surface area contributed by atoms with Gasteiger partial charge < -0.3 is 5.32 Å². The van der Waals surface area contributed by atoms with Crippen LogP contribution in [0.3, 0.4) is 0 Å². The van der Waals surface area contributed by atoms with Gasteiger partial charge in [-0.25, -0.2) is 16.8 Å². The Morgan fingerprint density at radius 1 is 0.732 bits per heavy atom. The number of anilines is 3. The summed E-state index contributed by atoms with van der Waals surface area (Å²) in [6.45, 7) is 1.21. The Kier molecular flexibility index (Phi) is 9.42. The minimum absolute atomic E-state index is 0.0233. The molecule has 8 nitrogen and oxygen atoms in total. The number of amides is 1. The monoisotopic (exact) mass is 671 g/mol. The number of benzene rings is 4. The third-order valence-corrected chi connectivity index (χ3v) is 10.2. The van der Waals surface area contributed by atoms with Crippen molar-refractivity contribution in [1.82, 2.24) is 0 Å². The highest BCUT2D eigenvalue weighted by molar-refractivity contribution is 7.93. The molecule has 0 aliphatic rings. The lowest BCUT2D eigenvalue weighted by Crippen LogP contribution is -2.38.